The van der Waals surface area contributed by atoms with Crippen LogP contribution in [0.25, 0.3) is 10.9 Å². The van der Waals surface area contributed by atoms with E-state index in [2.05, 4.69) is 10.3 Å². The van der Waals surface area contributed by atoms with E-state index in [1.54, 1.807) is 0 Å². The number of nitrogens with one attached hydrogen (secondary N) is 2. The highest BCUT2D eigenvalue weighted by Crippen LogP contribution is 2.26. The van der Waals surface area contributed by atoms with Gasteiger partial charge in [0.2, 0.25) is 0 Å². The van der Waals surface area contributed by atoms with Gasteiger partial charge in [0.25, 0.3) is 0 Å². The number of fused-ring (bicyclic) bond motifs is 1. The topological polar surface area (TPSA) is 91.1 Å². The van der Waals surface area contributed by atoms with Crippen LogP contribution in [-0.2, 0) is 4.79 Å². The zero-order chi connectivity index (χ0) is 12.4. The lowest BCUT2D eigenvalue weighted by atomic mass is 10.2. The number of para-hydroxylation sites is 1. The Balaban J connectivity index is 2.23. The van der Waals surface area contributed by atoms with Crippen LogP contribution in [0.15, 0.2) is 24.3 Å². The number of H-pyrrole nitrogens is 1. The second-order valence-corrected chi connectivity index (χ2v) is 4.00. The number of aromatic amines is 1. The predicted octanol–water partition coefficient (Wildman–Crippen LogP) is 1.30. The van der Waals surface area contributed by atoms with Gasteiger partial charge in [-0.15, -0.1) is 0 Å². The minimum absolute atomic E-state index is 0.206. The quantitative estimate of drug-likeness (QED) is 0.640. The molecule has 0 aliphatic heterocycles. The van der Waals surface area contributed by atoms with E-state index in [1.807, 2.05) is 31.2 Å². The number of carbonyl (C=O) groups is 1. The average Bonchev–Trinajstić information content (AvgIpc) is 2.61. The normalized spacial score (nSPS) is 12.6. The fourth-order valence-corrected chi connectivity index (χ4v) is 1.80. The summed E-state index contributed by atoms with van der Waals surface area (Å²) >= 11 is 0. The molecule has 5 nitrogen and oxygen atoms in total. The van der Waals surface area contributed by atoms with Crippen LogP contribution in [0.5, 0.6) is 0 Å². The molecule has 2 aromatic rings. The van der Waals surface area contributed by atoms with Crippen molar-refractivity contribution in [2.75, 3.05) is 11.9 Å². The van der Waals surface area contributed by atoms with Gasteiger partial charge in [-0.25, -0.2) is 0 Å². The van der Waals surface area contributed by atoms with Crippen molar-refractivity contribution in [1.29, 1.82) is 0 Å². The lowest BCUT2D eigenvalue weighted by Gasteiger charge is -2.09. The Morgan fingerprint density at radius 1 is 1.53 bits per heavy atom. The molecule has 0 saturated carbocycles. The molecule has 0 saturated heterocycles. The Hall–Kier alpha value is -2.01. The minimum Gasteiger partial charge on any atom is -0.480 e. The number of anilines is 1. The first-order chi connectivity index (χ1) is 8.09. The fourth-order valence-electron chi connectivity index (χ4n) is 1.80. The molecule has 5 heteroatoms. The zero-order valence-corrected chi connectivity index (χ0v) is 9.53. The van der Waals surface area contributed by atoms with E-state index >= 15 is 0 Å². The number of carboxylic acid groups (broad SMARTS) is 1. The molecule has 0 aliphatic carbocycles. The van der Waals surface area contributed by atoms with Crippen LogP contribution in [0.4, 0.5) is 5.69 Å². The van der Waals surface area contributed by atoms with Crippen LogP contribution in [0.2, 0.25) is 0 Å². The van der Waals surface area contributed by atoms with Gasteiger partial charge in [-0.05, 0) is 13.0 Å². The second kappa shape index (κ2) is 4.47. The van der Waals surface area contributed by atoms with Crippen molar-refractivity contribution in [1.82, 2.24) is 4.98 Å². The summed E-state index contributed by atoms with van der Waals surface area (Å²) in [5, 5.41) is 12.8. The van der Waals surface area contributed by atoms with Crippen LogP contribution < -0.4 is 11.1 Å². The summed E-state index contributed by atoms with van der Waals surface area (Å²) in [6.07, 6.45) is 0. The van der Waals surface area contributed by atoms with Crippen LogP contribution in [0, 0.1) is 6.92 Å². The molecule has 0 bridgehead atoms. The summed E-state index contributed by atoms with van der Waals surface area (Å²) in [5.74, 6) is -1.00. The molecule has 2 rings (SSSR count). The highest BCUT2D eigenvalue weighted by atomic mass is 16.4. The first-order valence-corrected chi connectivity index (χ1v) is 5.39. The SMILES string of the molecule is Cc1[nH]c2ccccc2c1NCC(N)C(=O)O. The van der Waals surface area contributed by atoms with Crippen LogP contribution in [0.3, 0.4) is 0 Å². The summed E-state index contributed by atoms with van der Waals surface area (Å²) in [7, 11) is 0. The van der Waals surface area contributed by atoms with Crippen molar-refractivity contribution in [2.24, 2.45) is 5.73 Å². The van der Waals surface area contributed by atoms with Gasteiger partial charge in [0.1, 0.15) is 6.04 Å². The summed E-state index contributed by atoms with van der Waals surface area (Å²) in [4.78, 5) is 13.9. The lowest BCUT2D eigenvalue weighted by molar-refractivity contribution is -0.138. The van der Waals surface area contributed by atoms with E-state index in [1.165, 1.54) is 0 Å². The van der Waals surface area contributed by atoms with E-state index < -0.39 is 12.0 Å². The predicted molar refractivity (Wildman–Crippen MR) is 67.1 cm³/mol. The molecule has 1 aromatic carbocycles. The van der Waals surface area contributed by atoms with Gasteiger partial charge in [0, 0.05) is 23.1 Å². The number of nitrogens with two attached hydrogens (primary N) is 1. The molecule has 1 heterocycles. The molecule has 1 atom stereocenters. The lowest BCUT2D eigenvalue weighted by Crippen LogP contribution is -2.37. The number of aryl methyl sites for hydroxylation is 1. The van der Waals surface area contributed by atoms with Crippen molar-refractivity contribution in [2.45, 2.75) is 13.0 Å². The second-order valence-electron chi connectivity index (χ2n) is 4.00. The first-order valence-electron chi connectivity index (χ1n) is 5.39. The van der Waals surface area contributed by atoms with Crippen LogP contribution in [-0.4, -0.2) is 28.6 Å². The van der Waals surface area contributed by atoms with Crippen molar-refractivity contribution < 1.29 is 9.90 Å². The summed E-state index contributed by atoms with van der Waals surface area (Å²) in [6.45, 7) is 2.15. The van der Waals surface area contributed by atoms with Crippen molar-refractivity contribution >= 4 is 22.6 Å². The molecule has 90 valence electrons. The standard InChI is InChI=1S/C12H15N3O2/c1-7-11(14-6-9(13)12(16)17)8-4-2-3-5-10(8)15-7/h2-5,9,14-15H,6,13H2,1H3,(H,16,17). The number of hydrogen-bond acceptors (Lipinski definition) is 3. The Morgan fingerprint density at radius 3 is 2.94 bits per heavy atom. The van der Waals surface area contributed by atoms with Crippen LogP contribution in [0.1, 0.15) is 5.69 Å². The first kappa shape index (κ1) is 11.5. The monoisotopic (exact) mass is 233 g/mol. The molecule has 0 fully saturated rings. The third-order valence-electron chi connectivity index (χ3n) is 2.71. The third kappa shape index (κ3) is 2.24. The molecule has 17 heavy (non-hydrogen) atoms. The molecule has 0 spiro atoms. The molecular formula is C12H15N3O2. The Bertz CT molecular complexity index is 548. The number of hydrogen-bond donors (Lipinski definition) is 4. The average molecular weight is 233 g/mol. The summed E-state index contributed by atoms with van der Waals surface area (Å²) < 4.78 is 0. The minimum atomic E-state index is -1.00. The highest BCUT2D eigenvalue weighted by molar-refractivity contribution is 5.94. The third-order valence-corrected chi connectivity index (χ3v) is 2.71. The van der Waals surface area contributed by atoms with Crippen molar-refractivity contribution in [3.63, 3.8) is 0 Å². The molecule has 0 aliphatic rings. The summed E-state index contributed by atoms with van der Waals surface area (Å²) in [6, 6.07) is 6.95. The molecule has 1 unspecified atom stereocenters. The fraction of sp³-hybridized carbons (Fsp3) is 0.250. The number of rotatable bonds is 4. The number of aromatic nitrogens is 1. The van der Waals surface area contributed by atoms with Gasteiger partial charge in [-0.1, -0.05) is 18.2 Å². The van der Waals surface area contributed by atoms with Crippen LogP contribution >= 0.6 is 0 Å². The van der Waals surface area contributed by atoms with Gasteiger partial charge in [-0.3, -0.25) is 4.79 Å². The Morgan fingerprint density at radius 2 is 2.24 bits per heavy atom. The Kier molecular flexibility index (Phi) is 3.01. The molecule has 1 aromatic heterocycles. The summed E-state index contributed by atoms with van der Waals surface area (Å²) in [5.41, 5.74) is 8.37. The number of aliphatic carboxylic acids is 1. The van der Waals surface area contributed by atoms with Gasteiger partial charge in [-0.2, -0.15) is 0 Å². The molecule has 0 radical (unpaired) electrons. The zero-order valence-electron chi connectivity index (χ0n) is 9.53. The van der Waals surface area contributed by atoms with Crippen molar-refractivity contribution in [3.05, 3.63) is 30.0 Å². The largest absolute Gasteiger partial charge is 0.480 e. The van der Waals surface area contributed by atoms with Gasteiger partial charge >= 0.3 is 5.97 Å². The maximum Gasteiger partial charge on any atom is 0.322 e. The van der Waals surface area contributed by atoms with Crippen molar-refractivity contribution in [3.8, 4) is 0 Å². The molecule has 5 N–H and O–H groups in total. The van der Waals surface area contributed by atoms with E-state index in [4.69, 9.17) is 10.8 Å². The highest BCUT2D eigenvalue weighted by Gasteiger charge is 2.13. The van der Waals surface area contributed by atoms with E-state index in [0.29, 0.717) is 0 Å². The van der Waals surface area contributed by atoms with E-state index in [0.717, 1.165) is 22.3 Å². The maximum atomic E-state index is 10.6. The van der Waals surface area contributed by atoms with E-state index in [-0.39, 0.29) is 6.54 Å². The van der Waals surface area contributed by atoms with E-state index in [9.17, 15) is 4.79 Å². The maximum absolute atomic E-state index is 10.6. The molecular weight excluding hydrogens is 218 g/mol. The Labute approximate surface area is 98.6 Å². The number of benzene rings is 1. The van der Waals surface area contributed by atoms with Gasteiger partial charge in [0.05, 0.1) is 5.69 Å². The molecule has 0 amide bonds. The van der Waals surface area contributed by atoms with Gasteiger partial charge < -0.3 is 21.1 Å². The smallest absolute Gasteiger partial charge is 0.322 e. The van der Waals surface area contributed by atoms with Gasteiger partial charge in [0.15, 0.2) is 0 Å². The number of carboxylic acids is 1.